The highest BCUT2D eigenvalue weighted by atomic mass is 16.6. The maximum atomic E-state index is 11.9. The number of piperidine rings is 1. The van der Waals surface area contributed by atoms with Gasteiger partial charge in [-0.2, -0.15) is 0 Å². The van der Waals surface area contributed by atoms with Crippen molar-refractivity contribution in [1.29, 1.82) is 0 Å². The first-order valence-electron chi connectivity index (χ1n) is 6.21. The fourth-order valence-electron chi connectivity index (χ4n) is 2.29. The van der Waals surface area contributed by atoms with Crippen molar-refractivity contribution >= 4 is 17.3 Å². The maximum Gasteiger partial charge on any atom is 0.269 e. The number of nitro benzene ring substituents is 1. The van der Waals surface area contributed by atoms with Crippen LogP contribution in [0.5, 0.6) is 0 Å². The molecule has 0 unspecified atom stereocenters. The summed E-state index contributed by atoms with van der Waals surface area (Å²) in [5.41, 5.74) is 1.77. The van der Waals surface area contributed by atoms with Crippen molar-refractivity contribution < 1.29 is 9.72 Å². The second-order valence-corrected chi connectivity index (χ2v) is 4.43. The van der Waals surface area contributed by atoms with Gasteiger partial charge in [-0.15, -0.1) is 0 Å². The van der Waals surface area contributed by atoms with Gasteiger partial charge in [-0.1, -0.05) is 6.92 Å². The molecule has 0 spiro atoms. The number of nitro groups is 1. The predicted octanol–water partition coefficient (Wildman–Crippen LogP) is 2.67. The molecule has 0 aliphatic carbocycles. The molecule has 1 heterocycles. The van der Waals surface area contributed by atoms with Crippen LogP contribution in [-0.2, 0) is 11.2 Å². The van der Waals surface area contributed by atoms with E-state index >= 15 is 0 Å². The fraction of sp³-hybridized carbons (Fsp3) is 0.462. The van der Waals surface area contributed by atoms with Crippen molar-refractivity contribution in [3.8, 4) is 0 Å². The largest absolute Gasteiger partial charge is 0.312 e. The normalized spacial score (nSPS) is 15.8. The van der Waals surface area contributed by atoms with Gasteiger partial charge in [0.05, 0.1) is 4.92 Å². The lowest BCUT2D eigenvalue weighted by Gasteiger charge is -2.28. The summed E-state index contributed by atoms with van der Waals surface area (Å²) in [6.45, 7) is 2.65. The van der Waals surface area contributed by atoms with E-state index in [1.807, 2.05) is 6.92 Å². The summed E-state index contributed by atoms with van der Waals surface area (Å²) in [5, 5.41) is 10.7. The minimum Gasteiger partial charge on any atom is -0.312 e. The molecule has 0 aromatic heterocycles. The molecule has 18 heavy (non-hydrogen) atoms. The highest BCUT2D eigenvalue weighted by molar-refractivity contribution is 5.94. The van der Waals surface area contributed by atoms with E-state index in [-0.39, 0.29) is 11.6 Å². The van der Waals surface area contributed by atoms with E-state index in [0.29, 0.717) is 19.4 Å². The van der Waals surface area contributed by atoms with Crippen molar-refractivity contribution in [2.75, 3.05) is 11.4 Å². The van der Waals surface area contributed by atoms with Gasteiger partial charge in [-0.05, 0) is 30.9 Å². The Labute approximate surface area is 106 Å². The third-order valence-electron chi connectivity index (χ3n) is 3.27. The predicted molar refractivity (Wildman–Crippen MR) is 68.7 cm³/mol. The van der Waals surface area contributed by atoms with Gasteiger partial charge in [-0.3, -0.25) is 14.9 Å². The van der Waals surface area contributed by atoms with Gasteiger partial charge in [0.2, 0.25) is 5.91 Å². The SMILES string of the molecule is CCc1cc([N+](=O)[O-])ccc1N1CCCCC1=O. The van der Waals surface area contributed by atoms with Crippen LogP contribution < -0.4 is 4.90 Å². The molecular weight excluding hydrogens is 232 g/mol. The summed E-state index contributed by atoms with van der Waals surface area (Å²) in [6.07, 6.45) is 3.18. The number of carbonyl (C=O) groups is 1. The molecule has 1 saturated heterocycles. The number of hydrogen-bond acceptors (Lipinski definition) is 3. The minimum absolute atomic E-state index is 0.0834. The van der Waals surface area contributed by atoms with Crippen LogP contribution >= 0.6 is 0 Å². The Balaban J connectivity index is 2.37. The van der Waals surface area contributed by atoms with Crippen molar-refractivity contribution in [3.05, 3.63) is 33.9 Å². The molecule has 5 heteroatoms. The van der Waals surface area contributed by atoms with Crippen molar-refractivity contribution in [1.82, 2.24) is 0 Å². The van der Waals surface area contributed by atoms with E-state index in [4.69, 9.17) is 0 Å². The number of rotatable bonds is 3. The van der Waals surface area contributed by atoms with Crippen LogP contribution in [-0.4, -0.2) is 17.4 Å². The maximum absolute atomic E-state index is 11.9. The molecule has 2 rings (SSSR count). The van der Waals surface area contributed by atoms with Crippen LogP contribution in [0.2, 0.25) is 0 Å². The molecule has 1 fully saturated rings. The Morgan fingerprint density at radius 2 is 2.17 bits per heavy atom. The monoisotopic (exact) mass is 248 g/mol. The molecule has 96 valence electrons. The van der Waals surface area contributed by atoms with Crippen molar-refractivity contribution in [2.45, 2.75) is 32.6 Å². The van der Waals surface area contributed by atoms with E-state index in [9.17, 15) is 14.9 Å². The summed E-state index contributed by atoms with van der Waals surface area (Å²) >= 11 is 0. The fourth-order valence-corrected chi connectivity index (χ4v) is 2.29. The van der Waals surface area contributed by atoms with E-state index in [0.717, 1.165) is 24.1 Å². The van der Waals surface area contributed by atoms with Crippen LogP contribution in [0.4, 0.5) is 11.4 Å². The van der Waals surface area contributed by atoms with E-state index < -0.39 is 4.92 Å². The number of amides is 1. The molecule has 1 aliphatic rings. The molecule has 0 radical (unpaired) electrons. The van der Waals surface area contributed by atoms with E-state index in [2.05, 4.69) is 0 Å². The second-order valence-electron chi connectivity index (χ2n) is 4.43. The van der Waals surface area contributed by atoms with Crippen LogP contribution in [0.3, 0.4) is 0 Å². The molecule has 1 aromatic carbocycles. The zero-order chi connectivity index (χ0) is 13.1. The van der Waals surface area contributed by atoms with Gasteiger partial charge in [0.1, 0.15) is 0 Å². The quantitative estimate of drug-likeness (QED) is 0.610. The van der Waals surface area contributed by atoms with Gasteiger partial charge in [0.15, 0.2) is 0 Å². The third kappa shape index (κ3) is 2.34. The number of non-ortho nitro benzene ring substituents is 1. The minimum atomic E-state index is -0.402. The third-order valence-corrected chi connectivity index (χ3v) is 3.27. The molecule has 1 amide bonds. The average Bonchev–Trinajstić information content (AvgIpc) is 2.38. The molecule has 0 atom stereocenters. The van der Waals surface area contributed by atoms with Crippen LogP contribution in [0.25, 0.3) is 0 Å². The van der Waals surface area contributed by atoms with Crippen molar-refractivity contribution in [3.63, 3.8) is 0 Å². The number of carbonyl (C=O) groups excluding carboxylic acids is 1. The van der Waals surface area contributed by atoms with Crippen LogP contribution in [0.15, 0.2) is 18.2 Å². The molecule has 0 N–H and O–H groups in total. The Bertz CT molecular complexity index is 485. The van der Waals surface area contributed by atoms with Crippen LogP contribution in [0, 0.1) is 10.1 Å². The molecule has 5 nitrogen and oxygen atoms in total. The smallest absolute Gasteiger partial charge is 0.269 e. The summed E-state index contributed by atoms with van der Waals surface area (Å²) in [4.78, 5) is 24.0. The Morgan fingerprint density at radius 3 is 2.78 bits per heavy atom. The van der Waals surface area contributed by atoms with Gasteiger partial charge >= 0.3 is 0 Å². The van der Waals surface area contributed by atoms with Gasteiger partial charge in [-0.25, -0.2) is 0 Å². The number of aryl methyl sites for hydroxylation is 1. The highest BCUT2D eigenvalue weighted by Crippen LogP contribution is 2.28. The summed E-state index contributed by atoms with van der Waals surface area (Å²) < 4.78 is 0. The van der Waals surface area contributed by atoms with Crippen LogP contribution in [0.1, 0.15) is 31.7 Å². The first kappa shape index (κ1) is 12.5. The number of benzene rings is 1. The standard InChI is InChI=1S/C13H16N2O3/c1-2-10-9-11(15(17)18)6-7-12(10)14-8-4-3-5-13(14)16/h6-7,9H,2-5,8H2,1H3. The number of anilines is 1. The topological polar surface area (TPSA) is 63.5 Å². The molecule has 1 aromatic rings. The number of hydrogen-bond donors (Lipinski definition) is 0. The van der Waals surface area contributed by atoms with Crippen molar-refractivity contribution in [2.24, 2.45) is 0 Å². The lowest BCUT2D eigenvalue weighted by Crippen LogP contribution is -2.35. The van der Waals surface area contributed by atoms with E-state index in [1.54, 1.807) is 17.0 Å². The zero-order valence-electron chi connectivity index (χ0n) is 10.4. The Hall–Kier alpha value is -1.91. The second kappa shape index (κ2) is 5.16. The molecule has 0 saturated carbocycles. The van der Waals surface area contributed by atoms with Gasteiger partial charge in [0, 0.05) is 30.8 Å². The average molecular weight is 248 g/mol. The van der Waals surface area contributed by atoms with Gasteiger partial charge in [0.25, 0.3) is 5.69 Å². The Morgan fingerprint density at radius 1 is 1.39 bits per heavy atom. The highest BCUT2D eigenvalue weighted by Gasteiger charge is 2.22. The summed E-state index contributed by atoms with van der Waals surface area (Å²) in [5.74, 6) is 0.116. The molecule has 1 aliphatic heterocycles. The zero-order valence-corrected chi connectivity index (χ0v) is 10.4. The first-order valence-corrected chi connectivity index (χ1v) is 6.21. The lowest BCUT2D eigenvalue weighted by molar-refractivity contribution is -0.384. The van der Waals surface area contributed by atoms with Gasteiger partial charge < -0.3 is 4.90 Å². The first-order chi connectivity index (χ1) is 8.63. The number of nitrogens with zero attached hydrogens (tertiary/aromatic N) is 2. The lowest BCUT2D eigenvalue weighted by atomic mass is 10.0. The summed E-state index contributed by atoms with van der Waals surface area (Å²) in [7, 11) is 0. The molecular formula is C13H16N2O3. The molecule has 0 bridgehead atoms. The summed E-state index contributed by atoms with van der Waals surface area (Å²) in [6, 6.07) is 4.73. The Kier molecular flexibility index (Phi) is 3.60. The van der Waals surface area contributed by atoms with E-state index in [1.165, 1.54) is 6.07 Å².